The van der Waals surface area contributed by atoms with Gasteiger partial charge in [0.25, 0.3) is 0 Å². The maximum atomic E-state index is 10.6. The number of fused-ring (bicyclic) bond motifs is 1. The van der Waals surface area contributed by atoms with Crippen molar-refractivity contribution in [2.45, 2.75) is 13.8 Å². The van der Waals surface area contributed by atoms with Gasteiger partial charge in [-0.2, -0.15) is 0 Å². The summed E-state index contributed by atoms with van der Waals surface area (Å²) in [6.07, 6.45) is 0.759. The molecule has 0 aliphatic rings. The molecule has 2 nitrogen and oxygen atoms in total. The van der Waals surface area contributed by atoms with E-state index in [0.29, 0.717) is 5.76 Å². The summed E-state index contributed by atoms with van der Waals surface area (Å²) in [6.45, 7) is 3.87. The molecule has 0 N–H and O–H groups in total. The highest BCUT2D eigenvalue weighted by atomic mass is 16.3. The molecule has 66 valence electrons. The fourth-order valence-electron chi connectivity index (χ4n) is 1.51. The molecule has 0 aliphatic carbocycles. The van der Waals surface area contributed by atoms with Crippen LogP contribution in [-0.2, 0) is 0 Å². The van der Waals surface area contributed by atoms with Crippen LogP contribution in [0.4, 0.5) is 0 Å². The van der Waals surface area contributed by atoms with E-state index in [0.717, 1.165) is 28.4 Å². The molecule has 0 saturated carbocycles. The van der Waals surface area contributed by atoms with E-state index in [9.17, 15) is 4.79 Å². The molecule has 2 aromatic rings. The van der Waals surface area contributed by atoms with Crippen LogP contribution in [0.15, 0.2) is 22.6 Å². The summed E-state index contributed by atoms with van der Waals surface area (Å²) in [5.41, 5.74) is 2.81. The SMILES string of the molecule is Cc1c(C=O)oc2c(C)cccc12. The van der Waals surface area contributed by atoms with Crippen molar-refractivity contribution in [3.8, 4) is 0 Å². The minimum absolute atomic E-state index is 0.435. The molecule has 0 radical (unpaired) electrons. The number of rotatable bonds is 1. The van der Waals surface area contributed by atoms with Crippen LogP contribution in [0.1, 0.15) is 21.7 Å². The maximum Gasteiger partial charge on any atom is 0.185 e. The van der Waals surface area contributed by atoms with Crippen molar-refractivity contribution >= 4 is 17.3 Å². The number of aldehydes is 1. The Morgan fingerprint density at radius 3 is 2.69 bits per heavy atom. The number of para-hydroxylation sites is 1. The molecule has 2 rings (SSSR count). The normalized spacial score (nSPS) is 10.6. The molecule has 0 unspecified atom stereocenters. The number of carbonyl (C=O) groups is 1. The molecule has 13 heavy (non-hydrogen) atoms. The zero-order chi connectivity index (χ0) is 9.42. The second-order valence-corrected chi connectivity index (χ2v) is 3.16. The number of carbonyl (C=O) groups excluding carboxylic acids is 1. The van der Waals surface area contributed by atoms with E-state index in [1.807, 2.05) is 32.0 Å². The molecule has 0 saturated heterocycles. The third-order valence-electron chi connectivity index (χ3n) is 2.30. The predicted octanol–water partition coefficient (Wildman–Crippen LogP) is 2.86. The van der Waals surface area contributed by atoms with Crippen LogP contribution in [0.5, 0.6) is 0 Å². The molecule has 1 heterocycles. The van der Waals surface area contributed by atoms with Crippen molar-refractivity contribution in [3.05, 3.63) is 35.1 Å². The largest absolute Gasteiger partial charge is 0.453 e. The first-order chi connectivity index (χ1) is 6.24. The summed E-state index contributed by atoms with van der Waals surface area (Å²) in [5, 5.41) is 1.03. The van der Waals surface area contributed by atoms with Crippen molar-refractivity contribution in [1.29, 1.82) is 0 Å². The highest BCUT2D eigenvalue weighted by Gasteiger charge is 2.09. The highest BCUT2D eigenvalue weighted by molar-refractivity contribution is 5.90. The third-order valence-corrected chi connectivity index (χ3v) is 2.30. The lowest BCUT2D eigenvalue weighted by atomic mass is 10.1. The topological polar surface area (TPSA) is 30.2 Å². The van der Waals surface area contributed by atoms with Crippen LogP contribution in [0.25, 0.3) is 11.0 Å². The lowest BCUT2D eigenvalue weighted by Crippen LogP contribution is -1.76. The van der Waals surface area contributed by atoms with Crippen molar-refractivity contribution in [2.24, 2.45) is 0 Å². The van der Waals surface area contributed by atoms with Gasteiger partial charge in [-0.05, 0) is 19.4 Å². The fourth-order valence-corrected chi connectivity index (χ4v) is 1.51. The van der Waals surface area contributed by atoms with Crippen LogP contribution < -0.4 is 0 Å². The van der Waals surface area contributed by atoms with Crippen molar-refractivity contribution in [1.82, 2.24) is 0 Å². The second-order valence-electron chi connectivity index (χ2n) is 3.16. The summed E-state index contributed by atoms with van der Waals surface area (Å²) in [5.74, 6) is 0.435. The van der Waals surface area contributed by atoms with E-state index < -0.39 is 0 Å². The van der Waals surface area contributed by atoms with Gasteiger partial charge in [0.15, 0.2) is 12.0 Å². The summed E-state index contributed by atoms with van der Waals surface area (Å²) < 4.78 is 5.41. The van der Waals surface area contributed by atoms with Crippen molar-refractivity contribution < 1.29 is 9.21 Å². The summed E-state index contributed by atoms with van der Waals surface area (Å²) in [4.78, 5) is 10.6. The number of aryl methyl sites for hydroxylation is 2. The number of furan rings is 1. The molecular weight excluding hydrogens is 164 g/mol. The molecule has 0 fully saturated rings. The van der Waals surface area contributed by atoms with E-state index >= 15 is 0 Å². The van der Waals surface area contributed by atoms with Crippen LogP contribution in [0.3, 0.4) is 0 Å². The average Bonchev–Trinajstić information content (AvgIpc) is 2.45. The number of hydrogen-bond donors (Lipinski definition) is 0. The van der Waals surface area contributed by atoms with Gasteiger partial charge in [0, 0.05) is 10.9 Å². The second kappa shape index (κ2) is 2.73. The molecule has 1 aromatic carbocycles. The lowest BCUT2D eigenvalue weighted by Gasteiger charge is -1.91. The zero-order valence-electron chi connectivity index (χ0n) is 7.63. The van der Waals surface area contributed by atoms with E-state index in [1.54, 1.807) is 0 Å². The Balaban J connectivity index is 2.91. The minimum Gasteiger partial charge on any atom is -0.453 e. The molecule has 0 atom stereocenters. The van der Waals surface area contributed by atoms with Gasteiger partial charge in [0.1, 0.15) is 5.58 Å². The van der Waals surface area contributed by atoms with Crippen LogP contribution in [0, 0.1) is 13.8 Å². The number of hydrogen-bond acceptors (Lipinski definition) is 2. The molecular formula is C11H10O2. The van der Waals surface area contributed by atoms with Gasteiger partial charge in [-0.15, -0.1) is 0 Å². The first-order valence-corrected chi connectivity index (χ1v) is 4.18. The predicted molar refractivity (Wildman–Crippen MR) is 51.1 cm³/mol. The molecule has 0 bridgehead atoms. The molecule has 0 spiro atoms. The van der Waals surface area contributed by atoms with E-state index in [2.05, 4.69) is 0 Å². The van der Waals surface area contributed by atoms with Gasteiger partial charge in [-0.1, -0.05) is 18.2 Å². The first-order valence-electron chi connectivity index (χ1n) is 4.18. The Bertz CT molecular complexity index is 466. The van der Waals surface area contributed by atoms with Gasteiger partial charge in [-0.25, -0.2) is 0 Å². The summed E-state index contributed by atoms with van der Waals surface area (Å²) >= 11 is 0. The van der Waals surface area contributed by atoms with Gasteiger partial charge in [-0.3, -0.25) is 4.79 Å². The summed E-state index contributed by atoms with van der Waals surface area (Å²) in [6, 6.07) is 5.91. The molecule has 1 aromatic heterocycles. The van der Waals surface area contributed by atoms with Crippen molar-refractivity contribution in [3.63, 3.8) is 0 Å². The summed E-state index contributed by atoms with van der Waals surface area (Å²) in [7, 11) is 0. The Morgan fingerprint density at radius 1 is 1.31 bits per heavy atom. The van der Waals surface area contributed by atoms with Crippen LogP contribution in [-0.4, -0.2) is 6.29 Å². The maximum absolute atomic E-state index is 10.6. The lowest BCUT2D eigenvalue weighted by molar-refractivity contribution is 0.110. The van der Waals surface area contributed by atoms with E-state index in [4.69, 9.17) is 4.42 Å². The number of benzene rings is 1. The van der Waals surface area contributed by atoms with Crippen LogP contribution >= 0.6 is 0 Å². The Hall–Kier alpha value is -1.57. The van der Waals surface area contributed by atoms with E-state index in [1.165, 1.54) is 0 Å². The third kappa shape index (κ3) is 1.06. The monoisotopic (exact) mass is 174 g/mol. The average molecular weight is 174 g/mol. The first kappa shape index (κ1) is 8.05. The van der Waals surface area contributed by atoms with Gasteiger partial charge < -0.3 is 4.42 Å². The highest BCUT2D eigenvalue weighted by Crippen LogP contribution is 2.26. The van der Waals surface area contributed by atoms with Crippen LogP contribution in [0.2, 0.25) is 0 Å². The van der Waals surface area contributed by atoms with Gasteiger partial charge in [0.2, 0.25) is 0 Å². The zero-order valence-corrected chi connectivity index (χ0v) is 7.63. The van der Waals surface area contributed by atoms with Gasteiger partial charge in [0.05, 0.1) is 0 Å². The molecule has 2 heteroatoms. The quantitative estimate of drug-likeness (QED) is 0.622. The fraction of sp³-hybridized carbons (Fsp3) is 0.182. The Labute approximate surface area is 76.2 Å². The van der Waals surface area contributed by atoms with Crippen molar-refractivity contribution in [2.75, 3.05) is 0 Å². The standard InChI is InChI=1S/C11H10O2/c1-7-4-3-5-9-8(2)10(6-12)13-11(7)9/h3-6H,1-2H3. The smallest absolute Gasteiger partial charge is 0.185 e. The molecule has 0 aliphatic heterocycles. The van der Waals surface area contributed by atoms with E-state index in [-0.39, 0.29) is 0 Å². The van der Waals surface area contributed by atoms with Gasteiger partial charge >= 0.3 is 0 Å². The Morgan fingerprint density at radius 2 is 2.08 bits per heavy atom. The Kier molecular flexibility index (Phi) is 1.69. The molecule has 0 amide bonds. The minimum atomic E-state index is 0.435.